The Morgan fingerprint density at radius 2 is 2.00 bits per heavy atom. The summed E-state index contributed by atoms with van der Waals surface area (Å²) in [5.74, 6) is -0.387. The van der Waals surface area contributed by atoms with Crippen LogP contribution in [-0.4, -0.2) is 16.7 Å². The molecular formula is C14H12ClN3O2. The first kappa shape index (κ1) is 14.0. The number of hydrogen-bond acceptors (Lipinski definition) is 3. The van der Waals surface area contributed by atoms with Gasteiger partial charge < -0.3 is 4.57 Å². The summed E-state index contributed by atoms with van der Waals surface area (Å²) in [6.07, 6.45) is 2.99. The minimum Gasteiger partial charge on any atom is -0.306 e. The molecule has 0 bridgehead atoms. The topological polar surface area (TPSA) is 63.5 Å². The van der Waals surface area contributed by atoms with Crippen LogP contribution in [0.3, 0.4) is 0 Å². The maximum absolute atomic E-state index is 11.6. The molecule has 6 heteroatoms. The predicted octanol–water partition coefficient (Wildman–Crippen LogP) is 1.65. The number of carbonyl (C=O) groups is 1. The van der Waals surface area contributed by atoms with Crippen molar-refractivity contribution in [3.63, 3.8) is 0 Å². The Morgan fingerprint density at radius 1 is 1.25 bits per heavy atom. The number of hydrazone groups is 1. The summed E-state index contributed by atoms with van der Waals surface area (Å²) in [6.45, 7) is -0.0838. The summed E-state index contributed by atoms with van der Waals surface area (Å²) in [4.78, 5) is 23.0. The summed E-state index contributed by atoms with van der Waals surface area (Å²) >= 11 is 5.94. The van der Waals surface area contributed by atoms with Gasteiger partial charge in [0.25, 0.3) is 11.5 Å². The number of halogens is 1. The molecule has 0 spiro atoms. The fourth-order valence-corrected chi connectivity index (χ4v) is 1.72. The fourth-order valence-electron chi connectivity index (χ4n) is 1.53. The van der Waals surface area contributed by atoms with Gasteiger partial charge in [-0.2, -0.15) is 5.10 Å². The van der Waals surface area contributed by atoms with Crippen LogP contribution < -0.4 is 11.0 Å². The van der Waals surface area contributed by atoms with Crippen molar-refractivity contribution in [1.29, 1.82) is 0 Å². The maximum atomic E-state index is 11.6. The predicted molar refractivity (Wildman–Crippen MR) is 77.9 cm³/mol. The molecule has 1 amide bonds. The quantitative estimate of drug-likeness (QED) is 0.687. The third kappa shape index (κ3) is 3.80. The zero-order chi connectivity index (χ0) is 14.4. The molecule has 2 rings (SSSR count). The van der Waals surface area contributed by atoms with Gasteiger partial charge in [0.2, 0.25) is 0 Å². The Morgan fingerprint density at radius 3 is 2.75 bits per heavy atom. The van der Waals surface area contributed by atoms with Gasteiger partial charge in [-0.05, 0) is 12.1 Å². The molecule has 0 saturated heterocycles. The number of pyridine rings is 1. The minimum atomic E-state index is -0.387. The minimum absolute atomic E-state index is 0.0838. The molecule has 0 saturated carbocycles. The normalized spacial score (nSPS) is 10.7. The van der Waals surface area contributed by atoms with Crippen molar-refractivity contribution in [3.8, 4) is 0 Å². The van der Waals surface area contributed by atoms with E-state index in [0.717, 1.165) is 0 Å². The fraction of sp³-hybridized carbons (Fsp3) is 0.0714. The lowest BCUT2D eigenvalue weighted by Crippen LogP contribution is -2.28. The summed E-state index contributed by atoms with van der Waals surface area (Å²) in [7, 11) is 0. The highest BCUT2D eigenvalue weighted by molar-refractivity contribution is 6.33. The van der Waals surface area contributed by atoms with Crippen LogP contribution in [-0.2, 0) is 11.3 Å². The summed E-state index contributed by atoms with van der Waals surface area (Å²) in [6, 6.07) is 11.8. The van der Waals surface area contributed by atoms with E-state index in [1.165, 1.54) is 16.8 Å². The van der Waals surface area contributed by atoms with Crippen LogP contribution in [0.25, 0.3) is 0 Å². The molecule has 20 heavy (non-hydrogen) atoms. The van der Waals surface area contributed by atoms with Gasteiger partial charge in [0.15, 0.2) is 0 Å². The van der Waals surface area contributed by atoms with Crippen LogP contribution in [0, 0.1) is 0 Å². The first-order chi connectivity index (χ1) is 9.66. The van der Waals surface area contributed by atoms with Gasteiger partial charge in [-0.25, -0.2) is 5.43 Å². The average molecular weight is 290 g/mol. The van der Waals surface area contributed by atoms with Crippen molar-refractivity contribution in [1.82, 2.24) is 9.99 Å². The smallest absolute Gasteiger partial charge is 0.260 e. The molecule has 0 aliphatic carbocycles. The standard InChI is InChI=1S/C14H12ClN3O2/c15-12-6-2-1-5-11(12)9-16-17-13(19)10-18-8-4-3-7-14(18)20/h1-9H,10H2,(H,17,19)/b16-9-. The first-order valence-corrected chi connectivity index (χ1v) is 6.26. The Hall–Kier alpha value is -2.40. The maximum Gasteiger partial charge on any atom is 0.260 e. The van der Waals surface area contributed by atoms with Crippen molar-refractivity contribution >= 4 is 23.7 Å². The summed E-state index contributed by atoms with van der Waals surface area (Å²) in [5, 5.41) is 4.35. The number of hydrogen-bond donors (Lipinski definition) is 1. The molecule has 0 radical (unpaired) electrons. The first-order valence-electron chi connectivity index (χ1n) is 5.89. The van der Waals surface area contributed by atoms with E-state index in [-0.39, 0.29) is 18.0 Å². The van der Waals surface area contributed by atoms with Crippen molar-refractivity contribution in [2.75, 3.05) is 0 Å². The van der Waals surface area contributed by atoms with E-state index in [2.05, 4.69) is 10.5 Å². The molecule has 0 aliphatic rings. The van der Waals surface area contributed by atoms with Crippen LogP contribution in [0.4, 0.5) is 0 Å². The molecule has 0 atom stereocenters. The number of nitrogens with zero attached hydrogens (tertiary/aromatic N) is 2. The number of benzene rings is 1. The van der Waals surface area contributed by atoms with Gasteiger partial charge in [-0.3, -0.25) is 9.59 Å². The number of carbonyl (C=O) groups excluding carboxylic acids is 1. The van der Waals surface area contributed by atoms with E-state index in [1.807, 2.05) is 6.07 Å². The Labute approximate surface area is 120 Å². The van der Waals surface area contributed by atoms with Gasteiger partial charge in [0.1, 0.15) is 6.54 Å². The van der Waals surface area contributed by atoms with Crippen molar-refractivity contribution in [2.45, 2.75) is 6.54 Å². The number of amides is 1. The summed E-state index contributed by atoms with van der Waals surface area (Å²) < 4.78 is 1.29. The van der Waals surface area contributed by atoms with Crippen LogP contribution in [0.15, 0.2) is 58.6 Å². The van der Waals surface area contributed by atoms with Gasteiger partial charge in [0, 0.05) is 22.8 Å². The van der Waals surface area contributed by atoms with E-state index in [0.29, 0.717) is 10.6 Å². The lowest BCUT2D eigenvalue weighted by molar-refractivity contribution is -0.121. The molecule has 2 aromatic rings. The van der Waals surface area contributed by atoms with E-state index >= 15 is 0 Å². The lowest BCUT2D eigenvalue weighted by atomic mass is 10.2. The van der Waals surface area contributed by atoms with Crippen molar-refractivity contribution in [3.05, 3.63) is 69.6 Å². The SMILES string of the molecule is O=C(Cn1ccccc1=O)N/N=C\c1ccccc1Cl. The van der Waals surface area contributed by atoms with Crippen LogP contribution in [0.5, 0.6) is 0 Å². The van der Waals surface area contributed by atoms with E-state index in [1.54, 1.807) is 36.5 Å². The second kappa shape index (κ2) is 6.68. The highest BCUT2D eigenvalue weighted by atomic mass is 35.5. The molecule has 0 fully saturated rings. The third-order valence-corrected chi connectivity index (χ3v) is 2.86. The van der Waals surface area contributed by atoms with Gasteiger partial charge in [0.05, 0.1) is 6.21 Å². The van der Waals surface area contributed by atoms with Gasteiger partial charge in [-0.1, -0.05) is 35.9 Å². The largest absolute Gasteiger partial charge is 0.306 e. The van der Waals surface area contributed by atoms with E-state index in [9.17, 15) is 9.59 Å². The highest BCUT2D eigenvalue weighted by Crippen LogP contribution is 2.11. The average Bonchev–Trinajstić information content (AvgIpc) is 2.43. The van der Waals surface area contributed by atoms with Crippen molar-refractivity contribution in [2.24, 2.45) is 5.10 Å². The van der Waals surface area contributed by atoms with Crippen LogP contribution in [0.2, 0.25) is 5.02 Å². The second-order valence-electron chi connectivity index (χ2n) is 3.98. The molecular weight excluding hydrogens is 278 g/mol. The molecule has 0 aliphatic heterocycles. The monoisotopic (exact) mass is 289 g/mol. The van der Waals surface area contributed by atoms with Crippen LogP contribution in [0.1, 0.15) is 5.56 Å². The lowest BCUT2D eigenvalue weighted by Gasteiger charge is -2.03. The molecule has 1 aromatic heterocycles. The second-order valence-corrected chi connectivity index (χ2v) is 4.39. The highest BCUT2D eigenvalue weighted by Gasteiger charge is 2.02. The number of rotatable bonds is 4. The molecule has 102 valence electrons. The number of nitrogens with one attached hydrogen (secondary N) is 1. The Kier molecular flexibility index (Phi) is 4.68. The Balaban J connectivity index is 1.95. The van der Waals surface area contributed by atoms with E-state index < -0.39 is 0 Å². The van der Waals surface area contributed by atoms with Gasteiger partial charge >= 0.3 is 0 Å². The van der Waals surface area contributed by atoms with E-state index in [4.69, 9.17) is 11.6 Å². The summed E-state index contributed by atoms with van der Waals surface area (Å²) in [5.41, 5.74) is 2.81. The van der Waals surface area contributed by atoms with Gasteiger partial charge in [-0.15, -0.1) is 0 Å². The third-order valence-electron chi connectivity index (χ3n) is 2.51. The molecule has 0 unspecified atom stereocenters. The zero-order valence-electron chi connectivity index (χ0n) is 10.5. The van der Waals surface area contributed by atoms with Crippen LogP contribution >= 0.6 is 11.6 Å². The molecule has 5 nitrogen and oxygen atoms in total. The number of aromatic nitrogens is 1. The molecule has 1 N–H and O–H groups in total. The molecule has 1 heterocycles. The molecule has 1 aromatic carbocycles. The Bertz CT molecular complexity index is 695. The van der Waals surface area contributed by atoms with Crippen molar-refractivity contribution < 1.29 is 4.79 Å². The zero-order valence-corrected chi connectivity index (χ0v) is 11.2.